The van der Waals surface area contributed by atoms with E-state index in [9.17, 15) is 23.1 Å². The van der Waals surface area contributed by atoms with Gasteiger partial charge in [-0.25, -0.2) is 4.79 Å². The molecule has 0 saturated carbocycles. The summed E-state index contributed by atoms with van der Waals surface area (Å²) >= 11 is 0. The largest absolute Gasteiger partial charge is 0.477 e. The fourth-order valence-electron chi connectivity index (χ4n) is 3.01. The van der Waals surface area contributed by atoms with Crippen molar-refractivity contribution >= 4 is 22.4 Å². The Labute approximate surface area is 161 Å². The molecule has 0 fully saturated rings. The second kappa shape index (κ2) is 6.93. The lowest BCUT2D eigenvalue weighted by Gasteiger charge is -2.15. The highest BCUT2D eigenvalue weighted by Gasteiger charge is 2.39. The maximum atomic E-state index is 13.6. The first-order valence-electron chi connectivity index (χ1n) is 8.27. The third kappa shape index (κ3) is 3.49. The average molecular weight is 403 g/mol. The normalized spacial score (nSPS) is 13.6. The monoisotopic (exact) mass is 403 g/mol. The third-order valence-corrected chi connectivity index (χ3v) is 4.21. The number of aromatic nitrogens is 1. The Balaban J connectivity index is 1.97. The summed E-state index contributed by atoms with van der Waals surface area (Å²) in [6.07, 6.45) is -0.832. The van der Waals surface area contributed by atoms with Crippen LogP contribution < -0.4 is 4.74 Å². The van der Waals surface area contributed by atoms with Crippen molar-refractivity contribution in [1.29, 1.82) is 0 Å². The van der Waals surface area contributed by atoms with Crippen molar-refractivity contribution < 1.29 is 37.6 Å². The maximum Gasteiger partial charge on any atom is 0.419 e. The molecular formula is C20H12F3NO5. The Hall–Kier alpha value is -3.88. The van der Waals surface area contributed by atoms with Crippen molar-refractivity contribution in [2.45, 2.75) is 6.18 Å². The van der Waals surface area contributed by atoms with Crippen molar-refractivity contribution in [1.82, 2.24) is 4.98 Å². The molecule has 0 spiro atoms. The summed E-state index contributed by atoms with van der Waals surface area (Å²) < 4.78 is 46.6. The molecule has 148 valence electrons. The molecule has 1 aromatic heterocycles. The Morgan fingerprint density at radius 2 is 1.86 bits per heavy atom. The molecule has 2 N–H and O–H groups in total. The van der Waals surface area contributed by atoms with Crippen LogP contribution in [0, 0.1) is 0 Å². The molecule has 0 bridgehead atoms. The number of rotatable bonds is 4. The zero-order valence-electron chi connectivity index (χ0n) is 14.5. The van der Waals surface area contributed by atoms with E-state index in [0.29, 0.717) is 16.9 Å². The minimum atomic E-state index is -4.88. The van der Waals surface area contributed by atoms with E-state index in [2.05, 4.69) is 9.87 Å². The van der Waals surface area contributed by atoms with Gasteiger partial charge in [0.15, 0.2) is 6.26 Å². The van der Waals surface area contributed by atoms with Crippen LogP contribution in [0.2, 0.25) is 0 Å². The molecule has 0 atom stereocenters. The molecule has 1 aliphatic rings. The number of carboxylic acid groups (broad SMARTS) is 1. The van der Waals surface area contributed by atoms with Gasteiger partial charge >= 0.3 is 12.1 Å². The fourth-order valence-corrected chi connectivity index (χ4v) is 3.01. The number of fused-ring (bicyclic) bond motifs is 1. The number of carbonyl (C=O) groups is 1. The van der Waals surface area contributed by atoms with Crippen molar-refractivity contribution in [2.75, 3.05) is 0 Å². The molecule has 6 nitrogen and oxygen atoms in total. The number of H-pyrrole nitrogens is 1. The topological polar surface area (TPSA) is 80.8 Å². The first-order chi connectivity index (χ1) is 13.8. The average Bonchev–Trinajstić information content (AvgIpc) is 3.08. The predicted octanol–water partition coefficient (Wildman–Crippen LogP) is 5.49. The van der Waals surface area contributed by atoms with Crippen molar-refractivity contribution in [2.24, 2.45) is 0 Å². The smallest absolute Gasteiger partial charge is 0.419 e. The van der Waals surface area contributed by atoms with Gasteiger partial charge in [0.1, 0.15) is 23.5 Å². The van der Waals surface area contributed by atoms with E-state index >= 15 is 0 Å². The summed E-state index contributed by atoms with van der Waals surface area (Å²) in [4.78, 5) is 23.1. The molecule has 0 unspecified atom stereocenters. The van der Waals surface area contributed by atoms with Gasteiger partial charge in [-0.15, -0.1) is 0 Å². The zero-order valence-corrected chi connectivity index (χ0v) is 14.5. The first kappa shape index (κ1) is 18.5. The van der Waals surface area contributed by atoms with Gasteiger partial charge in [0.05, 0.1) is 5.56 Å². The number of hydrogen-bond donors (Lipinski definition) is 2. The first-order valence-corrected chi connectivity index (χ1v) is 8.27. The number of halogens is 3. The van der Waals surface area contributed by atoms with E-state index in [4.69, 9.17) is 9.62 Å². The molecule has 0 radical (unpaired) electrons. The van der Waals surface area contributed by atoms with E-state index < -0.39 is 23.4 Å². The summed E-state index contributed by atoms with van der Waals surface area (Å²) in [7, 11) is 0. The van der Waals surface area contributed by atoms with Crippen LogP contribution in [0.25, 0.3) is 16.5 Å². The maximum absolute atomic E-state index is 13.6. The Kier molecular flexibility index (Phi) is 4.42. The molecular weight excluding hydrogens is 391 g/mol. The number of ether oxygens (including phenoxy) is 1. The Bertz CT molecular complexity index is 1150. The fraction of sp³-hybridized carbons (Fsp3) is 0.0500. The molecule has 4 rings (SSSR count). The number of allylic oxidation sites excluding steroid dienone is 2. The van der Waals surface area contributed by atoms with E-state index in [1.54, 1.807) is 30.3 Å². The molecule has 1 aliphatic heterocycles. The van der Waals surface area contributed by atoms with Crippen molar-refractivity contribution in [3.05, 3.63) is 77.9 Å². The number of hydrogen-bond acceptors (Lipinski definition) is 4. The highest BCUT2D eigenvalue weighted by molar-refractivity contribution is 6.00. The molecule has 0 aliphatic carbocycles. The summed E-state index contributed by atoms with van der Waals surface area (Å²) in [5, 5.41) is 8.91. The van der Waals surface area contributed by atoms with Gasteiger partial charge < -0.3 is 14.8 Å². The van der Waals surface area contributed by atoms with Gasteiger partial charge in [-0.1, -0.05) is 18.2 Å². The molecule has 0 amide bonds. The summed E-state index contributed by atoms with van der Waals surface area (Å²) in [6, 6.07) is 11.0. The number of carboxylic acids is 1. The van der Waals surface area contributed by atoms with Gasteiger partial charge in [0.2, 0.25) is 0 Å². The van der Waals surface area contributed by atoms with Crippen LogP contribution in [0.4, 0.5) is 13.2 Å². The SMILES string of the molecule is O=C(O)c1[nH]c2cc(C3=COOC=C3)c(Oc3ccccc3)cc2c1C(F)(F)F. The Morgan fingerprint density at radius 3 is 2.48 bits per heavy atom. The molecule has 0 saturated heterocycles. The van der Waals surface area contributed by atoms with Gasteiger partial charge in [0.25, 0.3) is 0 Å². The second-order valence-electron chi connectivity index (χ2n) is 6.06. The molecule has 2 aromatic carbocycles. The predicted molar refractivity (Wildman–Crippen MR) is 96.1 cm³/mol. The van der Waals surface area contributed by atoms with Crippen molar-refractivity contribution in [3.8, 4) is 11.5 Å². The lowest BCUT2D eigenvalue weighted by atomic mass is 10.0. The van der Waals surface area contributed by atoms with Crippen LogP contribution in [-0.4, -0.2) is 16.1 Å². The lowest BCUT2D eigenvalue weighted by molar-refractivity contribution is -0.197. The summed E-state index contributed by atoms with van der Waals surface area (Å²) in [5.74, 6) is -1.23. The van der Waals surface area contributed by atoms with Gasteiger partial charge in [-0.05, 0) is 30.3 Å². The van der Waals surface area contributed by atoms with Crippen LogP contribution in [0.15, 0.2) is 61.1 Å². The van der Waals surface area contributed by atoms with Crippen LogP contribution in [0.1, 0.15) is 21.6 Å². The number of aromatic carboxylic acids is 1. The van der Waals surface area contributed by atoms with Crippen LogP contribution in [-0.2, 0) is 16.0 Å². The van der Waals surface area contributed by atoms with Crippen LogP contribution in [0.5, 0.6) is 11.5 Å². The molecule has 9 heteroatoms. The van der Waals surface area contributed by atoms with E-state index in [0.717, 1.165) is 6.07 Å². The third-order valence-electron chi connectivity index (χ3n) is 4.21. The van der Waals surface area contributed by atoms with Gasteiger partial charge in [-0.3, -0.25) is 9.78 Å². The lowest BCUT2D eigenvalue weighted by Crippen LogP contribution is -2.11. The van der Waals surface area contributed by atoms with E-state index in [1.807, 2.05) is 0 Å². The number of benzene rings is 2. The zero-order chi connectivity index (χ0) is 20.6. The quantitative estimate of drug-likeness (QED) is 0.563. The molecule has 2 heterocycles. The Morgan fingerprint density at radius 1 is 1.10 bits per heavy atom. The van der Waals surface area contributed by atoms with Crippen LogP contribution in [0.3, 0.4) is 0 Å². The number of aromatic amines is 1. The number of para-hydroxylation sites is 1. The highest BCUT2D eigenvalue weighted by Crippen LogP contribution is 2.42. The second-order valence-corrected chi connectivity index (χ2v) is 6.06. The highest BCUT2D eigenvalue weighted by atomic mass is 19.4. The number of alkyl halides is 3. The summed E-state index contributed by atoms with van der Waals surface area (Å²) in [6.45, 7) is 0. The summed E-state index contributed by atoms with van der Waals surface area (Å²) in [5.41, 5.74) is -1.37. The van der Waals surface area contributed by atoms with Crippen molar-refractivity contribution in [3.63, 3.8) is 0 Å². The van der Waals surface area contributed by atoms with Gasteiger partial charge in [0, 0.05) is 22.0 Å². The molecule has 29 heavy (non-hydrogen) atoms. The minimum Gasteiger partial charge on any atom is -0.477 e. The minimum absolute atomic E-state index is 0.00840. The van der Waals surface area contributed by atoms with Gasteiger partial charge in [-0.2, -0.15) is 13.2 Å². The standard InChI is InChI=1S/C20H12F3NO5/c21-20(22,23)17-14-9-16(29-12-4-2-1-3-5-12)13(11-6-7-27-28-10-11)8-15(14)24-18(17)19(25)26/h1-10,24H,(H,25,26). The van der Waals surface area contributed by atoms with E-state index in [-0.39, 0.29) is 16.7 Å². The molecule has 3 aromatic rings. The van der Waals surface area contributed by atoms with Crippen LogP contribution >= 0.6 is 0 Å². The van der Waals surface area contributed by atoms with E-state index in [1.165, 1.54) is 24.7 Å². The number of nitrogens with one attached hydrogen (secondary N) is 1.